The molecule has 31 heavy (non-hydrogen) atoms. The second kappa shape index (κ2) is 7.09. The highest BCUT2D eigenvalue weighted by Gasteiger charge is 2.24. The highest BCUT2D eigenvalue weighted by atomic mass is 32.2. The first-order valence-corrected chi connectivity index (χ1v) is 11.4. The summed E-state index contributed by atoms with van der Waals surface area (Å²) in [5.41, 5.74) is 4.45. The molecule has 0 aliphatic carbocycles. The number of aryl methyl sites for hydroxylation is 1. The molecule has 2 N–H and O–H groups in total. The summed E-state index contributed by atoms with van der Waals surface area (Å²) in [6, 6.07) is 11.6. The first-order valence-electron chi connectivity index (χ1n) is 9.93. The van der Waals surface area contributed by atoms with Gasteiger partial charge in [0, 0.05) is 42.8 Å². The number of hydrogen-bond donors (Lipinski definition) is 2. The lowest BCUT2D eigenvalue weighted by Gasteiger charge is -2.15. The van der Waals surface area contributed by atoms with E-state index < -0.39 is 10.0 Å². The molecule has 2 aromatic carbocycles. The number of nitrogens with one attached hydrogen (secondary N) is 2. The fourth-order valence-corrected chi connectivity index (χ4v) is 5.27. The predicted molar refractivity (Wildman–Crippen MR) is 120 cm³/mol. The van der Waals surface area contributed by atoms with E-state index in [0.29, 0.717) is 33.4 Å². The lowest BCUT2D eigenvalue weighted by molar-refractivity contribution is 0.601. The zero-order valence-corrected chi connectivity index (χ0v) is 17.9. The Hall–Kier alpha value is -3.39. The predicted octanol–water partition coefficient (Wildman–Crippen LogP) is 4.47. The van der Waals surface area contributed by atoms with Gasteiger partial charge in [-0.1, -0.05) is 18.2 Å². The molecule has 5 rings (SSSR count). The summed E-state index contributed by atoms with van der Waals surface area (Å²) >= 11 is 0. The van der Waals surface area contributed by atoms with E-state index in [4.69, 9.17) is 0 Å². The Morgan fingerprint density at radius 2 is 1.94 bits per heavy atom. The van der Waals surface area contributed by atoms with Crippen LogP contribution in [0, 0.1) is 12.7 Å². The standard InChI is InChI=1S/C23H21FN4O2S/c1-14-12-25-23-21(22(14)27-31(29,30)16-6-4-3-5-7-16)18(13-26-23)17-11-20-15(10-19(17)24)8-9-28(20)2/h3-7,10-13H,8-9H2,1-2H3,(H2,25,26,27). The van der Waals surface area contributed by atoms with Crippen LogP contribution in [0.5, 0.6) is 0 Å². The highest BCUT2D eigenvalue weighted by Crippen LogP contribution is 2.40. The molecule has 3 heterocycles. The molecule has 0 radical (unpaired) electrons. The molecule has 1 aliphatic rings. The van der Waals surface area contributed by atoms with E-state index in [-0.39, 0.29) is 10.7 Å². The first-order chi connectivity index (χ1) is 14.8. The fraction of sp³-hybridized carbons (Fsp3) is 0.174. The summed E-state index contributed by atoms with van der Waals surface area (Å²) in [5.74, 6) is -0.340. The molecule has 0 unspecified atom stereocenters. The SMILES string of the molecule is Cc1cnc2[nH]cc(-c3cc4c(cc3F)CCN4C)c2c1NS(=O)(=O)c1ccccc1. The van der Waals surface area contributed by atoms with Crippen LogP contribution in [0.1, 0.15) is 11.1 Å². The summed E-state index contributed by atoms with van der Waals surface area (Å²) in [4.78, 5) is 9.69. The second-order valence-electron chi connectivity index (χ2n) is 7.79. The Bertz CT molecular complexity index is 1410. The van der Waals surface area contributed by atoms with Crippen LogP contribution in [0.4, 0.5) is 15.8 Å². The van der Waals surface area contributed by atoms with Gasteiger partial charge in [-0.15, -0.1) is 0 Å². The van der Waals surface area contributed by atoms with Crippen molar-refractivity contribution in [1.29, 1.82) is 0 Å². The summed E-state index contributed by atoms with van der Waals surface area (Å²) in [7, 11) is -1.85. The van der Waals surface area contributed by atoms with E-state index in [9.17, 15) is 8.42 Å². The van der Waals surface area contributed by atoms with Gasteiger partial charge in [-0.25, -0.2) is 17.8 Å². The molecular formula is C23H21FN4O2S. The molecule has 0 saturated heterocycles. The Balaban J connectivity index is 1.70. The Kier molecular flexibility index (Phi) is 4.48. The summed E-state index contributed by atoms with van der Waals surface area (Å²) < 4.78 is 43.8. The van der Waals surface area contributed by atoms with E-state index in [1.165, 1.54) is 12.1 Å². The van der Waals surface area contributed by atoms with Crippen molar-refractivity contribution in [2.24, 2.45) is 0 Å². The third kappa shape index (κ3) is 3.23. The number of rotatable bonds is 4. The Labute approximate surface area is 179 Å². The molecular weight excluding hydrogens is 415 g/mol. The maximum Gasteiger partial charge on any atom is 0.261 e. The molecule has 158 valence electrons. The summed E-state index contributed by atoms with van der Waals surface area (Å²) in [6.07, 6.45) is 4.08. The van der Waals surface area contributed by atoms with Crippen molar-refractivity contribution >= 4 is 32.4 Å². The van der Waals surface area contributed by atoms with Crippen LogP contribution < -0.4 is 9.62 Å². The smallest absolute Gasteiger partial charge is 0.261 e. The molecule has 0 fully saturated rings. The molecule has 8 heteroatoms. The molecule has 1 aliphatic heterocycles. The van der Waals surface area contributed by atoms with Gasteiger partial charge in [0.2, 0.25) is 0 Å². The average molecular weight is 437 g/mol. The molecule has 2 aromatic heterocycles. The molecule has 0 spiro atoms. The molecule has 0 bridgehead atoms. The van der Waals surface area contributed by atoms with Gasteiger partial charge in [-0.2, -0.15) is 0 Å². The second-order valence-corrected chi connectivity index (χ2v) is 9.48. The van der Waals surface area contributed by atoms with Crippen LogP contribution >= 0.6 is 0 Å². The molecule has 0 atom stereocenters. The number of H-pyrrole nitrogens is 1. The molecule has 4 aromatic rings. The number of hydrogen-bond acceptors (Lipinski definition) is 4. The van der Waals surface area contributed by atoms with Gasteiger partial charge in [-0.05, 0) is 48.7 Å². The molecule has 6 nitrogen and oxygen atoms in total. The van der Waals surface area contributed by atoms with Crippen LogP contribution in [0.3, 0.4) is 0 Å². The third-order valence-corrected chi connectivity index (χ3v) is 7.13. The van der Waals surface area contributed by atoms with Gasteiger partial charge in [0.15, 0.2) is 0 Å². The van der Waals surface area contributed by atoms with Gasteiger partial charge in [-0.3, -0.25) is 4.72 Å². The van der Waals surface area contributed by atoms with E-state index in [0.717, 1.165) is 24.2 Å². The number of benzene rings is 2. The van der Waals surface area contributed by atoms with Crippen molar-refractivity contribution in [2.45, 2.75) is 18.2 Å². The van der Waals surface area contributed by atoms with Crippen LogP contribution in [-0.4, -0.2) is 32.0 Å². The monoisotopic (exact) mass is 436 g/mol. The molecule has 0 saturated carbocycles. The van der Waals surface area contributed by atoms with Gasteiger partial charge in [0.1, 0.15) is 11.5 Å². The topological polar surface area (TPSA) is 78.1 Å². The van der Waals surface area contributed by atoms with E-state index >= 15 is 4.39 Å². The zero-order chi connectivity index (χ0) is 21.8. The minimum atomic E-state index is -3.83. The van der Waals surface area contributed by atoms with Crippen LogP contribution in [0.15, 0.2) is 59.8 Å². The lowest BCUT2D eigenvalue weighted by Crippen LogP contribution is -2.14. The lowest BCUT2D eigenvalue weighted by atomic mass is 10.00. The quantitative estimate of drug-likeness (QED) is 0.495. The van der Waals surface area contributed by atoms with Crippen LogP contribution in [0.25, 0.3) is 22.2 Å². The number of anilines is 2. The number of likely N-dealkylation sites (N-methyl/N-ethyl adjacent to an activating group) is 1. The van der Waals surface area contributed by atoms with Gasteiger partial charge in [0.05, 0.1) is 16.0 Å². The Morgan fingerprint density at radius 3 is 2.71 bits per heavy atom. The summed E-state index contributed by atoms with van der Waals surface area (Å²) in [6.45, 7) is 2.62. The van der Waals surface area contributed by atoms with Gasteiger partial charge in [0.25, 0.3) is 10.0 Å². The Morgan fingerprint density at radius 1 is 1.16 bits per heavy atom. The normalized spacial score (nSPS) is 13.6. The van der Waals surface area contributed by atoms with E-state index in [1.54, 1.807) is 43.6 Å². The van der Waals surface area contributed by atoms with E-state index in [2.05, 4.69) is 19.6 Å². The highest BCUT2D eigenvalue weighted by molar-refractivity contribution is 7.92. The number of nitrogens with zero attached hydrogens (tertiary/aromatic N) is 2. The maximum absolute atomic E-state index is 15.1. The minimum Gasteiger partial charge on any atom is -0.374 e. The average Bonchev–Trinajstić information content (AvgIpc) is 3.34. The third-order valence-electron chi connectivity index (χ3n) is 5.77. The summed E-state index contributed by atoms with van der Waals surface area (Å²) in [5, 5.41) is 0.541. The van der Waals surface area contributed by atoms with Gasteiger partial charge < -0.3 is 9.88 Å². The van der Waals surface area contributed by atoms with Crippen LogP contribution in [-0.2, 0) is 16.4 Å². The van der Waals surface area contributed by atoms with Crippen molar-refractivity contribution in [1.82, 2.24) is 9.97 Å². The van der Waals surface area contributed by atoms with Gasteiger partial charge >= 0.3 is 0 Å². The van der Waals surface area contributed by atoms with Crippen LogP contribution in [0.2, 0.25) is 0 Å². The van der Waals surface area contributed by atoms with Crippen molar-refractivity contribution in [3.8, 4) is 11.1 Å². The number of halogens is 1. The number of fused-ring (bicyclic) bond motifs is 2. The van der Waals surface area contributed by atoms with Crippen molar-refractivity contribution in [3.63, 3.8) is 0 Å². The number of pyridine rings is 1. The fourth-order valence-electron chi connectivity index (χ4n) is 4.10. The minimum absolute atomic E-state index is 0.154. The van der Waals surface area contributed by atoms with E-state index in [1.807, 2.05) is 13.1 Å². The van der Waals surface area contributed by atoms with Crippen molar-refractivity contribution < 1.29 is 12.8 Å². The number of aromatic amines is 1. The number of aromatic nitrogens is 2. The van der Waals surface area contributed by atoms with Crippen molar-refractivity contribution in [3.05, 3.63) is 71.8 Å². The maximum atomic E-state index is 15.1. The zero-order valence-electron chi connectivity index (χ0n) is 17.1. The molecule has 0 amide bonds. The number of sulfonamides is 1. The first kappa shape index (κ1) is 19.6. The van der Waals surface area contributed by atoms with Crippen molar-refractivity contribution in [2.75, 3.05) is 23.2 Å². The largest absolute Gasteiger partial charge is 0.374 e.